The van der Waals surface area contributed by atoms with Gasteiger partial charge in [-0.25, -0.2) is 4.39 Å². The number of carbonyl (C=O) groups is 1. The molecule has 3 nitrogen and oxygen atoms in total. The molecule has 4 heteroatoms. The first-order chi connectivity index (χ1) is 8.09. The summed E-state index contributed by atoms with van der Waals surface area (Å²) in [7, 11) is 0. The molecule has 3 N–H and O–H groups in total. The number of nitrogen functional groups attached to an aromatic ring is 1. The van der Waals surface area contributed by atoms with E-state index >= 15 is 0 Å². The summed E-state index contributed by atoms with van der Waals surface area (Å²) >= 11 is 0. The third-order valence-electron chi connectivity index (χ3n) is 2.41. The molecule has 0 aliphatic heterocycles. The molecule has 0 heterocycles. The molecule has 0 amide bonds. The highest BCUT2D eigenvalue weighted by molar-refractivity contribution is 6.13. The monoisotopic (exact) mass is 231 g/mol. The van der Waals surface area contributed by atoms with Crippen molar-refractivity contribution in [1.29, 1.82) is 0 Å². The lowest BCUT2D eigenvalue weighted by Crippen LogP contribution is -2.05. The number of rotatable bonds is 2. The second kappa shape index (κ2) is 4.25. The maximum absolute atomic E-state index is 13.0. The lowest BCUT2D eigenvalue weighted by atomic mass is 10.0. The van der Waals surface area contributed by atoms with Crippen molar-refractivity contribution < 1.29 is 14.3 Å². The van der Waals surface area contributed by atoms with E-state index in [1.54, 1.807) is 18.2 Å². The minimum Gasteiger partial charge on any atom is -0.507 e. The van der Waals surface area contributed by atoms with Gasteiger partial charge in [0.1, 0.15) is 11.6 Å². The topological polar surface area (TPSA) is 63.3 Å². The molecule has 86 valence electrons. The second-order valence-electron chi connectivity index (χ2n) is 3.58. The van der Waals surface area contributed by atoms with Crippen LogP contribution < -0.4 is 5.73 Å². The number of aromatic hydroxyl groups is 1. The minimum absolute atomic E-state index is 0.0945. The van der Waals surface area contributed by atoms with Gasteiger partial charge < -0.3 is 10.8 Å². The van der Waals surface area contributed by atoms with Crippen LogP contribution in [0.5, 0.6) is 5.75 Å². The Labute approximate surface area is 97.3 Å². The molecule has 0 aliphatic rings. The van der Waals surface area contributed by atoms with Crippen LogP contribution in [-0.2, 0) is 0 Å². The van der Waals surface area contributed by atoms with Gasteiger partial charge in [0.2, 0.25) is 0 Å². The Hall–Kier alpha value is -2.36. The maximum Gasteiger partial charge on any atom is 0.198 e. The van der Waals surface area contributed by atoms with Crippen molar-refractivity contribution in [2.45, 2.75) is 0 Å². The van der Waals surface area contributed by atoms with E-state index in [0.29, 0.717) is 5.69 Å². The zero-order chi connectivity index (χ0) is 12.4. The van der Waals surface area contributed by atoms with E-state index in [2.05, 4.69) is 0 Å². The molecular formula is C13H10FNO2. The average Bonchev–Trinajstić information content (AvgIpc) is 2.32. The van der Waals surface area contributed by atoms with E-state index in [1.807, 2.05) is 0 Å². The summed E-state index contributed by atoms with van der Waals surface area (Å²) in [5.41, 5.74) is 6.09. The van der Waals surface area contributed by atoms with Gasteiger partial charge in [-0.1, -0.05) is 12.1 Å². The van der Waals surface area contributed by atoms with Gasteiger partial charge in [0.05, 0.1) is 5.56 Å². The number of para-hydroxylation sites is 1. The Morgan fingerprint density at radius 2 is 1.82 bits per heavy atom. The van der Waals surface area contributed by atoms with Crippen LogP contribution in [0.3, 0.4) is 0 Å². The van der Waals surface area contributed by atoms with Gasteiger partial charge in [0, 0.05) is 11.3 Å². The summed E-state index contributed by atoms with van der Waals surface area (Å²) in [6, 6.07) is 9.66. The number of halogens is 1. The van der Waals surface area contributed by atoms with Crippen LogP contribution in [-0.4, -0.2) is 10.9 Å². The zero-order valence-electron chi connectivity index (χ0n) is 8.85. The average molecular weight is 231 g/mol. The van der Waals surface area contributed by atoms with E-state index in [-0.39, 0.29) is 16.9 Å². The number of hydrogen-bond acceptors (Lipinski definition) is 3. The SMILES string of the molecule is Nc1ccccc1C(=O)c1cc(F)ccc1O. The molecule has 0 spiro atoms. The van der Waals surface area contributed by atoms with Gasteiger partial charge in [0.25, 0.3) is 0 Å². The van der Waals surface area contributed by atoms with E-state index < -0.39 is 11.6 Å². The standard InChI is InChI=1S/C13H10FNO2/c14-8-5-6-12(16)10(7-8)13(17)9-3-1-2-4-11(9)15/h1-7,16H,15H2. The second-order valence-corrected chi connectivity index (χ2v) is 3.58. The summed E-state index contributed by atoms with van der Waals surface area (Å²) in [4.78, 5) is 12.0. The largest absolute Gasteiger partial charge is 0.507 e. The molecule has 0 bridgehead atoms. The molecule has 2 aromatic rings. The number of phenols is 1. The third kappa shape index (κ3) is 2.10. The molecule has 0 fully saturated rings. The molecule has 2 aromatic carbocycles. The van der Waals surface area contributed by atoms with Crippen LogP contribution in [0.25, 0.3) is 0 Å². The molecule has 17 heavy (non-hydrogen) atoms. The van der Waals surface area contributed by atoms with Gasteiger partial charge in [-0.3, -0.25) is 4.79 Å². The van der Waals surface area contributed by atoms with Crippen molar-refractivity contribution in [3.63, 3.8) is 0 Å². The molecule has 0 atom stereocenters. The highest BCUT2D eigenvalue weighted by Crippen LogP contribution is 2.23. The summed E-state index contributed by atoms with van der Waals surface area (Å²) in [5.74, 6) is -1.35. The Kier molecular flexibility index (Phi) is 2.78. The number of ketones is 1. The van der Waals surface area contributed by atoms with Crippen LogP contribution in [0.2, 0.25) is 0 Å². The molecule has 2 rings (SSSR count). The first-order valence-electron chi connectivity index (χ1n) is 4.97. The number of carbonyl (C=O) groups excluding carboxylic acids is 1. The predicted molar refractivity (Wildman–Crippen MR) is 62.4 cm³/mol. The van der Waals surface area contributed by atoms with Gasteiger partial charge >= 0.3 is 0 Å². The summed E-state index contributed by atoms with van der Waals surface area (Å²) in [6.45, 7) is 0. The van der Waals surface area contributed by atoms with Crippen LogP contribution in [0.1, 0.15) is 15.9 Å². The number of anilines is 1. The summed E-state index contributed by atoms with van der Waals surface area (Å²) in [6.07, 6.45) is 0. The Morgan fingerprint density at radius 3 is 2.53 bits per heavy atom. The van der Waals surface area contributed by atoms with Crippen molar-refractivity contribution >= 4 is 11.5 Å². The molecule has 0 aliphatic carbocycles. The smallest absolute Gasteiger partial charge is 0.198 e. The minimum atomic E-state index is -0.583. The van der Waals surface area contributed by atoms with E-state index in [1.165, 1.54) is 6.07 Å². The highest BCUT2D eigenvalue weighted by atomic mass is 19.1. The Balaban J connectivity index is 2.51. The highest BCUT2D eigenvalue weighted by Gasteiger charge is 2.16. The lowest BCUT2D eigenvalue weighted by molar-refractivity contribution is 0.103. The Morgan fingerprint density at radius 1 is 1.12 bits per heavy atom. The lowest BCUT2D eigenvalue weighted by Gasteiger charge is -2.06. The number of phenolic OH excluding ortho intramolecular Hbond substituents is 1. The third-order valence-corrected chi connectivity index (χ3v) is 2.41. The maximum atomic E-state index is 13.0. The van der Waals surface area contributed by atoms with E-state index in [0.717, 1.165) is 18.2 Å². The normalized spacial score (nSPS) is 10.2. The number of benzene rings is 2. The van der Waals surface area contributed by atoms with Crippen molar-refractivity contribution in [3.8, 4) is 5.75 Å². The molecule has 0 radical (unpaired) electrons. The number of nitrogens with two attached hydrogens (primary N) is 1. The summed E-state index contributed by atoms with van der Waals surface area (Å²) < 4.78 is 13.0. The molecule has 0 unspecified atom stereocenters. The predicted octanol–water partition coefficient (Wildman–Crippen LogP) is 2.34. The first kappa shape index (κ1) is 11.1. The fourth-order valence-corrected chi connectivity index (χ4v) is 1.54. The van der Waals surface area contributed by atoms with Crippen molar-refractivity contribution in [1.82, 2.24) is 0 Å². The fourth-order valence-electron chi connectivity index (χ4n) is 1.54. The van der Waals surface area contributed by atoms with Gasteiger partial charge in [-0.15, -0.1) is 0 Å². The summed E-state index contributed by atoms with van der Waals surface area (Å²) in [5, 5.41) is 9.53. The van der Waals surface area contributed by atoms with Crippen LogP contribution in [0.4, 0.5) is 10.1 Å². The molecule has 0 saturated heterocycles. The van der Waals surface area contributed by atoms with Crippen LogP contribution in [0, 0.1) is 5.82 Å². The van der Waals surface area contributed by atoms with E-state index in [9.17, 15) is 14.3 Å². The van der Waals surface area contributed by atoms with E-state index in [4.69, 9.17) is 5.73 Å². The quantitative estimate of drug-likeness (QED) is 0.616. The van der Waals surface area contributed by atoms with Crippen molar-refractivity contribution in [2.75, 3.05) is 5.73 Å². The van der Waals surface area contributed by atoms with Crippen LogP contribution in [0.15, 0.2) is 42.5 Å². The van der Waals surface area contributed by atoms with Gasteiger partial charge in [-0.2, -0.15) is 0 Å². The first-order valence-corrected chi connectivity index (χ1v) is 4.97. The molecule has 0 aromatic heterocycles. The molecule has 0 saturated carbocycles. The zero-order valence-corrected chi connectivity index (χ0v) is 8.85. The number of hydrogen-bond donors (Lipinski definition) is 2. The Bertz CT molecular complexity index is 581. The van der Waals surface area contributed by atoms with Crippen LogP contribution >= 0.6 is 0 Å². The van der Waals surface area contributed by atoms with Crippen molar-refractivity contribution in [2.24, 2.45) is 0 Å². The fraction of sp³-hybridized carbons (Fsp3) is 0. The van der Waals surface area contributed by atoms with Gasteiger partial charge in [0.15, 0.2) is 5.78 Å². The van der Waals surface area contributed by atoms with Crippen molar-refractivity contribution in [3.05, 3.63) is 59.4 Å². The van der Waals surface area contributed by atoms with Gasteiger partial charge in [-0.05, 0) is 30.3 Å². The molecular weight excluding hydrogens is 221 g/mol.